The molecule has 372 valence electrons. The number of Topliss-reactive ketones (excluding diaryl/α,β-unsaturated/α-hetero) is 1. The van der Waals surface area contributed by atoms with Crippen LogP contribution in [0, 0.1) is 16.7 Å². The van der Waals surface area contributed by atoms with E-state index in [2.05, 4.69) is 5.32 Å². The number of amides is 1. The van der Waals surface area contributed by atoms with E-state index in [-0.39, 0.29) is 29.7 Å². The minimum absolute atomic E-state index is 0.0707. The van der Waals surface area contributed by atoms with Crippen LogP contribution in [0.25, 0.3) is 0 Å². The first-order chi connectivity index (χ1) is 30.6. The normalized spacial score (nSPS) is 31.0. The van der Waals surface area contributed by atoms with Crippen molar-refractivity contribution in [2.45, 2.75) is 187 Å². The number of ether oxygens (including phenoxy) is 9. The summed E-state index contributed by atoms with van der Waals surface area (Å²) in [5.74, 6) is -5.60. The molecule has 0 aromatic heterocycles. The molecular weight excluding hydrogens is 879 g/mol. The number of fused-ring (bicyclic) bond motifs is 5. The molecule has 1 heterocycles. The molecule has 19 nitrogen and oxygen atoms in total. The predicted molar refractivity (Wildman–Crippen MR) is 234 cm³/mol. The lowest BCUT2D eigenvalue weighted by Crippen LogP contribution is -2.81. The third kappa shape index (κ3) is 10.6. The molecule has 0 radical (unpaired) electrons. The maximum Gasteiger partial charge on any atom is 0.509 e. The molecule has 1 amide bonds. The Labute approximate surface area is 390 Å². The number of hydrogen-bond donors (Lipinski definition) is 3. The lowest BCUT2D eigenvalue weighted by atomic mass is 9.44. The number of carbonyl (C=O) groups excluding carboxylic acids is 7. The zero-order valence-electron chi connectivity index (χ0n) is 41.1. The largest absolute Gasteiger partial charge is 0.509 e. The van der Waals surface area contributed by atoms with Gasteiger partial charge in [-0.1, -0.05) is 44.2 Å². The van der Waals surface area contributed by atoms with Crippen LogP contribution in [-0.2, 0) is 61.8 Å². The van der Waals surface area contributed by atoms with Crippen LogP contribution in [0.3, 0.4) is 0 Å². The molecule has 1 aromatic rings. The Morgan fingerprint density at radius 2 is 1.37 bits per heavy atom. The Hall–Kier alpha value is -5.27. The standard InChI is InChI=1S/C48H67NO18/c1-24-28(61-38(54)34(63-41(57)67-44(10,11)12)32(27-19-17-16-18-20-27)49-39(55)65-42(4,5)6)22-48(58)37(53)35-46(15,36(52)33(60-25(2)50)31(24)45(48,13)14)29(62-40(56)66-43(7,8)9)21-30-47(35,23-59-30)64-26(3)51/h16-20,28-30,32-35,37,53,58H,21-23H2,1-15H3,(H,49,55)/t28-,29-,30+,32-,33+,34+,35-,37-,46+,47-,48+/m0/s1. The van der Waals surface area contributed by atoms with Crippen LogP contribution >= 0.6 is 0 Å². The molecule has 0 spiro atoms. The lowest BCUT2D eigenvalue weighted by Gasteiger charge is -2.67. The zero-order valence-corrected chi connectivity index (χ0v) is 41.1. The molecule has 1 aliphatic heterocycles. The Morgan fingerprint density at radius 1 is 0.806 bits per heavy atom. The molecule has 1 aromatic carbocycles. The van der Waals surface area contributed by atoms with Gasteiger partial charge in [0.1, 0.15) is 46.8 Å². The maximum absolute atomic E-state index is 15.7. The van der Waals surface area contributed by atoms with Crippen molar-refractivity contribution in [3.05, 3.63) is 47.0 Å². The van der Waals surface area contributed by atoms with Gasteiger partial charge in [-0.05, 0) is 92.9 Å². The molecule has 3 fully saturated rings. The molecule has 1 saturated heterocycles. The van der Waals surface area contributed by atoms with Gasteiger partial charge in [0.25, 0.3) is 0 Å². The molecule has 19 heteroatoms. The van der Waals surface area contributed by atoms with Crippen LogP contribution < -0.4 is 5.32 Å². The number of esters is 3. The van der Waals surface area contributed by atoms with Gasteiger partial charge in [0.15, 0.2) is 17.5 Å². The van der Waals surface area contributed by atoms with Crippen molar-refractivity contribution in [3.63, 3.8) is 0 Å². The van der Waals surface area contributed by atoms with E-state index in [0.717, 1.165) is 13.8 Å². The smallest absolute Gasteiger partial charge is 0.455 e. The number of hydrogen-bond acceptors (Lipinski definition) is 18. The van der Waals surface area contributed by atoms with Gasteiger partial charge in [0, 0.05) is 38.0 Å². The quantitative estimate of drug-likeness (QED) is 0.148. The van der Waals surface area contributed by atoms with Crippen molar-refractivity contribution >= 4 is 42.1 Å². The van der Waals surface area contributed by atoms with E-state index < -0.39 is 136 Å². The fraction of sp³-hybridized carbons (Fsp3) is 0.688. The van der Waals surface area contributed by atoms with E-state index in [1.54, 1.807) is 92.6 Å². The maximum atomic E-state index is 15.7. The SMILES string of the molecule is CC(=O)O[C@H]1C(=O)[C@]2(C)[C@@H](OC(=O)OC(C)(C)C)C[C@H]3OC[C@@]3(OC(C)=O)[C@H]2[C@H](O)[C@]2(O)C[C@H](OC(=O)[C@H](OC(=O)OC(C)(C)C)[C@@H](NC(=O)OC(C)(C)C)c3ccccc3)C(C)=C1C2(C)C. The number of ketones is 1. The fourth-order valence-electron chi connectivity index (χ4n) is 9.94. The van der Waals surface area contributed by atoms with Crippen LogP contribution in [-0.4, -0.2) is 124 Å². The van der Waals surface area contributed by atoms with Crippen LogP contribution in [0.2, 0.25) is 0 Å². The monoisotopic (exact) mass is 945 g/mol. The summed E-state index contributed by atoms with van der Waals surface area (Å²) in [4.78, 5) is 96.9. The molecule has 11 atom stereocenters. The highest BCUT2D eigenvalue weighted by atomic mass is 16.8. The Kier molecular flexibility index (Phi) is 14.4. The first kappa shape index (κ1) is 52.7. The van der Waals surface area contributed by atoms with E-state index in [4.69, 9.17) is 42.6 Å². The van der Waals surface area contributed by atoms with Crippen LogP contribution in [0.15, 0.2) is 41.5 Å². The third-order valence-corrected chi connectivity index (χ3v) is 12.8. The third-order valence-electron chi connectivity index (χ3n) is 12.8. The number of aliphatic hydroxyl groups is 2. The number of nitrogens with one attached hydrogen (secondary N) is 1. The predicted octanol–water partition coefficient (Wildman–Crippen LogP) is 5.88. The number of carbonyl (C=O) groups is 7. The van der Waals surface area contributed by atoms with E-state index in [9.17, 15) is 39.0 Å². The summed E-state index contributed by atoms with van der Waals surface area (Å²) >= 11 is 0. The van der Waals surface area contributed by atoms with Gasteiger partial charge >= 0.3 is 36.3 Å². The molecule has 3 aliphatic carbocycles. The average Bonchev–Trinajstić information content (AvgIpc) is 3.15. The minimum Gasteiger partial charge on any atom is -0.455 e. The Bertz CT molecular complexity index is 2150. The van der Waals surface area contributed by atoms with E-state index in [1.807, 2.05) is 0 Å². The fourth-order valence-corrected chi connectivity index (χ4v) is 9.94. The van der Waals surface area contributed by atoms with Crippen LogP contribution in [0.4, 0.5) is 14.4 Å². The van der Waals surface area contributed by atoms with Gasteiger partial charge in [-0.15, -0.1) is 0 Å². The summed E-state index contributed by atoms with van der Waals surface area (Å²) in [5, 5.41) is 29.1. The van der Waals surface area contributed by atoms with Gasteiger partial charge in [-0.25, -0.2) is 19.2 Å². The summed E-state index contributed by atoms with van der Waals surface area (Å²) in [6.45, 7) is 22.1. The highest BCUT2D eigenvalue weighted by Gasteiger charge is 2.78. The number of benzene rings is 1. The molecule has 2 saturated carbocycles. The number of rotatable bonds is 9. The second-order valence-corrected chi connectivity index (χ2v) is 21.5. The molecule has 0 unspecified atom stereocenters. The number of aliphatic hydroxyl groups excluding tert-OH is 1. The first-order valence-electron chi connectivity index (χ1n) is 22.3. The highest BCUT2D eigenvalue weighted by molar-refractivity contribution is 5.95. The summed E-state index contributed by atoms with van der Waals surface area (Å²) in [7, 11) is 0. The minimum atomic E-state index is -2.48. The summed E-state index contributed by atoms with van der Waals surface area (Å²) in [5.41, 5.74) is -11.0. The van der Waals surface area contributed by atoms with Crippen molar-refractivity contribution in [1.82, 2.24) is 5.32 Å². The molecular formula is C48H67NO18. The molecule has 3 N–H and O–H groups in total. The van der Waals surface area contributed by atoms with Crippen molar-refractivity contribution in [1.29, 1.82) is 0 Å². The Morgan fingerprint density at radius 3 is 1.88 bits per heavy atom. The Balaban J connectivity index is 1.72. The van der Waals surface area contributed by atoms with E-state index >= 15 is 4.79 Å². The van der Waals surface area contributed by atoms with Gasteiger partial charge in [-0.2, -0.15) is 0 Å². The lowest BCUT2D eigenvalue weighted by molar-refractivity contribution is -0.347. The zero-order chi connectivity index (χ0) is 50.6. The van der Waals surface area contributed by atoms with Crippen molar-refractivity contribution in [2.75, 3.05) is 6.61 Å². The molecule has 67 heavy (non-hydrogen) atoms. The van der Waals surface area contributed by atoms with Gasteiger partial charge < -0.3 is 58.2 Å². The molecule has 2 bridgehead atoms. The van der Waals surface area contributed by atoms with Gasteiger partial charge in [-0.3, -0.25) is 14.4 Å². The van der Waals surface area contributed by atoms with Crippen molar-refractivity contribution in [3.8, 4) is 0 Å². The van der Waals surface area contributed by atoms with E-state index in [0.29, 0.717) is 0 Å². The molecule has 5 rings (SSSR count). The summed E-state index contributed by atoms with van der Waals surface area (Å²) in [6.07, 6.45) is -14.5. The topological polar surface area (TPSA) is 255 Å². The second kappa shape index (κ2) is 18.3. The highest BCUT2D eigenvalue weighted by Crippen LogP contribution is 2.64. The summed E-state index contributed by atoms with van der Waals surface area (Å²) < 4.78 is 52.0. The van der Waals surface area contributed by atoms with Crippen molar-refractivity contribution in [2.24, 2.45) is 16.7 Å². The van der Waals surface area contributed by atoms with Crippen molar-refractivity contribution < 1.29 is 86.4 Å². The van der Waals surface area contributed by atoms with E-state index in [1.165, 1.54) is 27.7 Å². The van der Waals surface area contributed by atoms with Gasteiger partial charge in [0.05, 0.1) is 18.1 Å². The summed E-state index contributed by atoms with van der Waals surface area (Å²) in [6, 6.07) is 6.54. The van der Waals surface area contributed by atoms with Crippen LogP contribution in [0.5, 0.6) is 0 Å². The number of alkyl carbamates (subject to hydrolysis) is 1. The first-order valence-corrected chi connectivity index (χ1v) is 22.3. The molecule has 4 aliphatic rings. The van der Waals surface area contributed by atoms with Crippen LogP contribution in [0.1, 0.15) is 128 Å². The average molecular weight is 946 g/mol. The second-order valence-electron chi connectivity index (χ2n) is 21.5. The van der Waals surface area contributed by atoms with Gasteiger partial charge in [0.2, 0.25) is 6.10 Å².